The molecule has 0 bridgehead atoms. The molecule has 1 aliphatic carbocycles. The van der Waals surface area contributed by atoms with E-state index in [4.69, 9.17) is 5.73 Å². The largest absolute Gasteiger partial charge is 0.398 e. The second-order valence-corrected chi connectivity index (χ2v) is 7.97. The predicted molar refractivity (Wildman–Crippen MR) is 86.8 cm³/mol. The standard InChI is InChI=1S/C16H26N2O2S/c1-10-9-15(17)12(3)16(11(10)2)21(19,20)18-13(4)14-7-5-6-8-14/h9,13-14,18H,5-8,17H2,1-4H3. The van der Waals surface area contributed by atoms with Gasteiger partial charge in [-0.3, -0.25) is 0 Å². The number of nitrogen functional groups attached to an aromatic ring is 1. The van der Waals surface area contributed by atoms with Crippen LogP contribution in [0.1, 0.15) is 49.3 Å². The van der Waals surface area contributed by atoms with Gasteiger partial charge in [0.2, 0.25) is 10.0 Å². The van der Waals surface area contributed by atoms with E-state index in [1.165, 1.54) is 12.8 Å². The first kappa shape index (κ1) is 16.3. The van der Waals surface area contributed by atoms with Gasteiger partial charge in [0.05, 0.1) is 4.90 Å². The minimum atomic E-state index is -3.53. The van der Waals surface area contributed by atoms with E-state index >= 15 is 0 Å². The highest BCUT2D eigenvalue weighted by molar-refractivity contribution is 7.89. The van der Waals surface area contributed by atoms with Crippen LogP contribution >= 0.6 is 0 Å². The molecule has 0 heterocycles. The zero-order valence-electron chi connectivity index (χ0n) is 13.4. The second-order valence-electron chi connectivity index (χ2n) is 6.32. The fourth-order valence-electron chi connectivity index (χ4n) is 3.30. The first-order valence-corrected chi connectivity index (χ1v) is 9.11. The van der Waals surface area contributed by atoms with Gasteiger partial charge in [-0.25, -0.2) is 13.1 Å². The van der Waals surface area contributed by atoms with Crippen molar-refractivity contribution in [3.63, 3.8) is 0 Å². The Bertz CT molecular complexity index is 606. The number of aryl methyl sites for hydroxylation is 1. The number of benzene rings is 1. The molecule has 0 spiro atoms. The topological polar surface area (TPSA) is 72.2 Å². The molecular weight excluding hydrogens is 284 g/mol. The van der Waals surface area contributed by atoms with Crippen molar-refractivity contribution in [3.05, 3.63) is 22.8 Å². The maximum Gasteiger partial charge on any atom is 0.241 e. The summed E-state index contributed by atoms with van der Waals surface area (Å²) in [4.78, 5) is 0.352. The summed E-state index contributed by atoms with van der Waals surface area (Å²) < 4.78 is 28.4. The van der Waals surface area contributed by atoms with Crippen LogP contribution in [0.5, 0.6) is 0 Å². The van der Waals surface area contributed by atoms with Gasteiger partial charge < -0.3 is 5.73 Å². The lowest BCUT2D eigenvalue weighted by atomic mass is 10.0. The summed E-state index contributed by atoms with van der Waals surface area (Å²) in [7, 11) is -3.53. The van der Waals surface area contributed by atoms with E-state index in [9.17, 15) is 8.42 Å². The van der Waals surface area contributed by atoms with Crippen LogP contribution in [-0.2, 0) is 10.0 Å². The third-order valence-electron chi connectivity index (χ3n) is 4.79. The molecular formula is C16H26N2O2S. The molecule has 21 heavy (non-hydrogen) atoms. The lowest BCUT2D eigenvalue weighted by Gasteiger charge is -2.22. The van der Waals surface area contributed by atoms with Crippen molar-refractivity contribution in [1.29, 1.82) is 0 Å². The number of nitrogens with one attached hydrogen (secondary N) is 1. The average Bonchev–Trinajstić information content (AvgIpc) is 2.89. The van der Waals surface area contributed by atoms with E-state index in [2.05, 4.69) is 4.72 Å². The van der Waals surface area contributed by atoms with E-state index in [0.29, 0.717) is 22.1 Å². The predicted octanol–water partition coefficient (Wildman–Crippen LogP) is 3.05. The van der Waals surface area contributed by atoms with Crippen LogP contribution in [0.15, 0.2) is 11.0 Å². The molecule has 1 unspecified atom stereocenters. The van der Waals surface area contributed by atoms with Crippen LogP contribution in [-0.4, -0.2) is 14.5 Å². The fourth-order valence-corrected chi connectivity index (χ4v) is 5.19. The third kappa shape index (κ3) is 3.24. The smallest absolute Gasteiger partial charge is 0.241 e. The van der Waals surface area contributed by atoms with E-state index in [-0.39, 0.29) is 6.04 Å². The zero-order chi connectivity index (χ0) is 15.8. The summed E-state index contributed by atoms with van der Waals surface area (Å²) in [6.07, 6.45) is 4.62. The number of hydrogen-bond acceptors (Lipinski definition) is 3. The minimum Gasteiger partial charge on any atom is -0.398 e. The van der Waals surface area contributed by atoms with E-state index in [1.54, 1.807) is 6.92 Å². The van der Waals surface area contributed by atoms with Gasteiger partial charge in [0.15, 0.2) is 0 Å². The number of nitrogens with two attached hydrogens (primary N) is 1. The molecule has 0 radical (unpaired) electrons. The summed E-state index contributed by atoms with van der Waals surface area (Å²) in [6, 6.07) is 1.81. The maximum atomic E-state index is 12.8. The first-order valence-electron chi connectivity index (χ1n) is 7.62. The molecule has 2 rings (SSSR count). The summed E-state index contributed by atoms with van der Waals surface area (Å²) in [5, 5.41) is 0. The van der Waals surface area contributed by atoms with Crippen LogP contribution in [0, 0.1) is 26.7 Å². The van der Waals surface area contributed by atoms with Crippen molar-refractivity contribution in [1.82, 2.24) is 4.72 Å². The van der Waals surface area contributed by atoms with Crippen molar-refractivity contribution < 1.29 is 8.42 Å². The molecule has 1 atom stereocenters. The number of anilines is 1. The monoisotopic (exact) mass is 310 g/mol. The normalized spacial score (nSPS) is 18.1. The Morgan fingerprint density at radius 3 is 2.33 bits per heavy atom. The zero-order valence-corrected chi connectivity index (χ0v) is 14.2. The van der Waals surface area contributed by atoms with Crippen LogP contribution in [0.4, 0.5) is 5.69 Å². The molecule has 0 amide bonds. The van der Waals surface area contributed by atoms with Gasteiger partial charge in [-0.15, -0.1) is 0 Å². The Kier molecular flexibility index (Phi) is 4.63. The summed E-state index contributed by atoms with van der Waals surface area (Å²) in [5.74, 6) is 0.447. The van der Waals surface area contributed by atoms with Crippen molar-refractivity contribution in [2.45, 2.75) is 64.3 Å². The van der Waals surface area contributed by atoms with Gasteiger partial charge in [-0.05, 0) is 69.2 Å². The Morgan fingerprint density at radius 1 is 1.19 bits per heavy atom. The number of rotatable bonds is 4. The summed E-state index contributed by atoms with van der Waals surface area (Å²) in [6.45, 7) is 7.48. The molecule has 1 aromatic rings. The molecule has 0 aromatic heterocycles. The molecule has 1 aliphatic rings. The van der Waals surface area contributed by atoms with Gasteiger partial charge in [-0.2, -0.15) is 0 Å². The summed E-state index contributed by atoms with van der Waals surface area (Å²) >= 11 is 0. The highest BCUT2D eigenvalue weighted by Crippen LogP contribution is 2.31. The first-order chi connectivity index (χ1) is 9.74. The lowest BCUT2D eigenvalue weighted by Crippen LogP contribution is -2.37. The van der Waals surface area contributed by atoms with Crippen LogP contribution in [0.2, 0.25) is 0 Å². The minimum absolute atomic E-state index is 0.0296. The van der Waals surface area contributed by atoms with Gasteiger partial charge in [0.25, 0.3) is 0 Å². The molecule has 118 valence electrons. The van der Waals surface area contributed by atoms with Crippen LogP contribution in [0.3, 0.4) is 0 Å². The summed E-state index contributed by atoms with van der Waals surface area (Å²) in [5.41, 5.74) is 8.82. The molecule has 1 saturated carbocycles. The Balaban J connectivity index is 2.35. The Hall–Kier alpha value is -1.07. The highest BCUT2D eigenvalue weighted by Gasteiger charge is 2.28. The number of sulfonamides is 1. The maximum absolute atomic E-state index is 12.8. The van der Waals surface area contributed by atoms with Gasteiger partial charge >= 0.3 is 0 Å². The molecule has 5 heteroatoms. The van der Waals surface area contributed by atoms with Crippen molar-refractivity contribution in [2.75, 3.05) is 5.73 Å². The van der Waals surface area contributed by atoms with Crippen molar-refractivity contribution in [3.8, 4) is 0 Å². The van der Waals surface area contributed by atoms with Crippen LogP contribution in [0.25, 0.3) is 0 Å². The lowest BCUT2D eigenvalue weighted by molar-refractivity contribution is 0.423. The second kappa shape index (κ2) is 5.97. The fraction of sp³-hybridized carbons (Fsp3) is 0.625. The van der Waals surface area contributed by atoms with Gasteiger partial charge in [-0.1, -0.05) is 12.8 Å². The average molecular weight is 310 g/mol. The van der Waals surface area contributed by atoms with Gasteiger partial charge in [0.1, 0.15) is 0 Å². The van der Waals surface area contributed by atoms with E-state index < -0.39 is 10.0 Å². The van der Waals surface area contributed by atoms with Crippen molar-refractivity contribution in [2.24, 2.45) is 5.92 Å². The highest BCUT2D eigenvalue weighted by atomic mass is 32.2. The molecule has 0 aliphatic heterocycles. The third-order valence-corrected chi connectivity index (χ3v) is 6.63. The molecule has 3 N–H and O–H groups in total. The molecule has 0 saturated heterocycles. The van der Waals surface area contributed by atoms with Crippen molar-refractivity contribution >= 4 is 15.7 Å². The SMILES string of the molecule is Cc1cc(N)c(C)c(S(=O)(=O)NC(C)C2CCCC2)c1C. The molecule has 1 aromatic carbocycles. The molecule has 1 fully saturated rings. The van der Waals surface area contributed by atoms with E-state index in [1.807, 2.05) is 26.8 Å². The Labute approximate surface area is 128 Å². The molecule has 4 nitrogen and oxygen atoms in total. The quantitative estimate of drug-likeness (QED) is 0.840. The Morgan fingerprint density at radius 2 is 1.76 bits per heavy atom. The van der Waals surface area contributed by atoms with Gasteiger partial charge in [0, 0.05) is 11.7 Å². The number of hydrogen-bond donors (Lipinski definition) is 2. The van der Waals surface area contributed by atoms with Crippen LogP contribution < -0.4 is 10.5 Å². The van der Waals surface area contributed by atoms with E-state index in [0.717, 1.165) is 24.0 Å².